The second-order valence-electron chi connectivity index (χ2n) is 3.16. The predicted octanol–water partition coefficient (Wildman–Crippen LogP) is 0.908. The summed E-state index contributed by atoms with van der Waals surface area (Å²) in [5.41, 5.74) is 6.96. The summed E-state index contributed by atoms with van der Waals surface area (Å²) in [6, 6.07) is 4.26. The quantitative estimate of drug-likeness (QED) is 0.706. The first-order chi connectivity index (χ1) is 6.33. The molecule has 3 N–H and O–H groups in total. The van der Waals surface area contributed by atoms with Crippen LogP contribution in [0, 0.1) is 0 Å². The van der Waals surface area contributed by atoms with E-state index in [1.807, 2.05) is 12.3 Å². The van der Waals surface area contributed by atoms with Crippen molar-refractivity contribution in [1.82, 2.24) is 10.3 Å². The SMILES string of the molecule is CCC(N)CNCc1cccnc1. The number of hydrogen-bond acceptors (Lipinski definition) is 3. The van der Waals surface area contributed by atoms with Crippen molar-refractivity contribution in [2.75, 3.05) is 6.54 Å². The minimum Gasteiger partial charge on any atom is -0.327 e. The maximum atomic E-state index is 5.76. The molecule has 0 saturated carbocycles. The summed E-state index contributed by atoms with van der Waals surface area (Å²) in [7, 11) is 0. The van der Waals surface area contributed by atoms with Gasteiger partial charge in [-0.2, -0.15) is 0 Å². The van der Waals surface area contributed by atoms with Crippen molar-refractivity contribution in [3.05, 3.63) is 30.1 Å². The molecule has 3 nitrogen and oxygen atoms in total. The fourth-order valence-corrected chi connectivity index (χ4v) is 1.05. The maximum absolute atomic E-state index is 5.76. The second kappa shape index (κ2) is 5.67. The Kier molecular flexibility index (Phi) is 4.43. The molecule has 0 amide bonds. The number of nitrogens with zero attached hydrogens (tertiary/aromatic N) is 1. The van der Waals surface area contributed by atoms with Gasteiger partial charge in [0.1, 0.15) is 0 Å². The Bertz CT molecular complexity index is 223. The van der Waals surface area contributed by atoms with Crippen LogP contribution in [0.2, 0.25) is 0 Å². The third-order valence-corrected chi connectivity index (χ3v) is 1.98. The van der Waals surface area contributed by atoms with Crippen molar-refractivity contribution in [3.8, 4) is 0 Å². The predicted molar refractivity (Wildman–Crippen MR) is 54.2 cm³/mol. The molecule has 13 heavy (non-hydrogen) atoms. The van der Waals surface area contributed by atoms with Crippen molar-refractivity contribution < 1.29 is 0 Å². The van der Waals surface area contributed by atoms with E-state index in [-0.39, 0.29) is 6.04 Å². The van der Waals surface area contributed by atoms with Gasteiger partial charge >= 0.3 is 0 Å². The van der Waals surface area contributed by atoms with Gasteiger partial charge in [0.15, 0.2) is 0 Å². The van der Waals surface area contributed by atoms with E-state index in [1.165, 1.54) is 5.56 Å². The third-order valence-electron chi connectivity index (χ3n) is 1.98. The van der Waals surface area contributed by atoms with Gasteiger partial charge in [-0.15, -0.1) is 0 Å². The van der Waals surface area contributed by atoms with Crippen LogP contribution in [0.1, 0.15) is 18.9 Å². The average molecular weight is 179 g/mol. The van der Waals surface area contributed by atoms with Gasteiger partial charge in [-0.25, -0.2) is 0 Å². The monoisotopic (exact) mass is 179 g/mol. The first kappa shape index (κ1) is 10.2. The summed E-state index contributed by atoms with van der Waals surface area (Å²) in [5, 5.41) is 3.29. The van der Waals surface area contributed by atoms with Crippen LogP contribution in [0.4, 0.5) is 0 Å². The summed E-state index contributed by atoms with van der Waals surface area (Å²) in [5.74, 6) is 0. The van der Waals surface area contributed by atoms with Crippen molar-refractivity contribution in [2.24, 2.45) is 5.73 Å². The van der Waals surface area contributed by atoms with Crippen molar-refractivity contribution >= 4 is 0 Å². The lowest BCUT2D eigenvalue weighted by atomic mass is 10.2. The molecule has 0 aliphatic heterocycles. The van der Waals surface area contributed by atoms with Crippen LogP contribution in [0.15, 0.2) is 24.5 Å². The number of rotatable bonds is 5. The third kappa shape index (κ3) is 4.01. The van der Waals surface area contributed by atoms with Crippen LogP contribution in [-0.4, -0.2) is 17.6 Å². The molecule has 0 bridgehead atoms. The molecule has 0 radical (unpaired) electrons. The van der Waals surface area contributed by atoms with Crippen molar-refractivity contribution in [3.63, 3.8) is 0 Å². The van der Waals surface area contributed by atoms with Crippen LogP contribution in [0.5, 0.6) is 0 Å². The molecule has 1 heterocycles. The van der Waals surface area contributed by atoms with E-state index in [2.05, 4.69) is 23.3 Å². The lowest BCUT2D eigenvalue weighted by molar-refractivity contribution is 0.563. The van der Waals surface area contributed by atoms with E-state index in [0.717, 1.165) is 19.5 Å². The Hall–Kier alpha value is -0.930. The highest BCUT2D eigenvalue weighted by molar-refractivity contribution is 5.07. The lowest BCUT2D eigenvalue weighted by Gasteiger charge is -2.09. The zero-order valence-electron chi connectivity index (χ0n) is 8.03. The van der Waals surface area contributed by atoms with Crippen LogP contribution in [0.3, 0.4) is 0 Å². The molecule has 0 saturated heterocycles. The largest absolute Gasteiger partial charge is 0.327 e. The molecule has 1 aromatic rings. The number of nitrogens with one attached hydrogen (secondary N) is 1. The van der Waals surface area contributed by atoms with Gasteiger partial charge in [-0.3, -0.25) is 4.98 Å². The molecule has 0 aromatic carbocycles. The zero-order valence-corrected chi connectivity index (χ0v) is 8.03. The number of pyridine rings is 1. The molecule has 0 aliphatic carbocycles. The van der Waals surface area contributed by atoms with Crippen LogP contribution in [0.25, 0.3) is 0 Å². The van der Waals surface area contributed by atoms with Crippen LogP contribution >= 0.6 is 0 Å². The van der Waals surface area contributed by atoms with Gasteiger partial charge in [-0.05, 0) is 18.1 Å². The topological polar surface area (TPSA) is 50.9 Å². The van der Waals surface area contributed by atoms with Gasteiger partial charge in [-0.1, -0.05) is 13.0 Å². The van der Waals surface area contributed by atoms with Crippen LogP contribution in [-0.2, 0) is 6.54 Å². The highest BCUT2D eigenvalue weighted by atomic mass is 14.9. The summed E-state index contributed by atoms with van der Waals surface area (Å²) in [6.45, 7) is 3.81. The van der Waals surface area contributed by atoms with E-state index >= 15 is 0 Å². The zero-order chi connectivity index (χ0) is 9.52. The Labute approximate surface area is 79.4 Å². The molecule has 72 valence electrons. The van der Waals surface area contributed by atoms with E-state index < -0.39 is 0 Å². The first-order valence-corrected chi connectivity index (χ1v) is 4.68. The summed E-state index contributed by atoms with van der Waals surface area (Å²) in [6.07, 6.45) is 4.66. The van der Waals surface area contributed by atoms with Gasteiger partial charge in [0.2, 0.25) is 0 Å². The molecule has 1 atom stereocenters. The number of hydrogen-bond donors (Lipinski definition) is 2. The van der Waals surface area contributed by atoms with E-state index in [1.54, 1.807) is 6.20 Å². The fourth-order valence-electron chi connectivity index (χ4n) is 1.05. The molecular formula is C10H17N3. The molecule has 1 unspecified atom stereocenters. The Balaban J connectivity index is 2.20. The molecule has 3 heteroatoms. The normalized spacial score (nSPS) is 12.8. The highest BCUT2D eigenvalue weighted by Crippen LogP contribution is 1.94. The standard InChI is InChI=1S/C10H17N3/c1-2-10(11)8-13-7-9-4-3-5-12-6-9/h3-6,10,13H,2,7-8,11H2,1H3. The highest BCUT2D eigenvalue weighted by Gasteiger charge is 1.97. The Morgan fingerprint density at radius 2 is 2.46 bits per heavy atom. The van der Waals surface area contributed by atoms with Crippen molar-refractivity contribution in [2.45, 2.75) is 25.9 Å². The summed E-state index contributed by atoms with van der Waals surface area (Å²) >= 11 is 0. The maximum Gasteiger partial charge on any atom is 0.0312 e. The van der Waals surface area contributed by atoms with Gasteiger partial charge in [0, 0.05) is 31.5 Å². The molecule has 1 aromatic heterocycles. The summed E-state index contributed by atoms with van der Waals surface area (Å²) in [4.78, 5) is 4.03. The number of aromatic nitrogens is 1. The molecule has 0 aliphatic rings. The van der Waals surface area contributed by atoms with Gasteiger partial charge < -0.3 is 11.1 Å². The molecule has 0 spiro atoms. The van der Waals surface area contributed by atoms with Crippen LogP contribution < -0.4 is 11.1 Å². The fraction of sp³-hybridized carbons (Fsp3) is 0.500. The minimum atomic E-state index is 0.261. The number of nitrogens with two attached hydrogens (primary N) is 1. The Morgan fingerprint density at radius 3 is 3.08 bits per heavy atom. The second-order valence-corrected chi connectivity index (χ2v) is 3.16. The van der Waals surface area contributed by atoms with Gasteiger partial charge in [0.25, 0.3) is 0 Å². The lowest BCUT2D eigenvalue weighted by Crippen LogP contribution is -2.32. The van der Waals surface area contributed by atoms with Gasteiger partial charge in [0.05, 0.1) is 0 Å². The first-order valence-electron chi connectivity index (χ1n) is 4.68. The smallest absolute Gasteiger partial charge is 0.0312 e. The minimum absolute atomic E-state index is 0.261. The van der Waals surface area contributed by atoms with E-state index in [0.29, 0.717) is 0 Å². The molecule has 0 fully saturated rings. The molecular weight excluding hydrogens is 162 g/mol. The van der Waals surface area contributed by atoms with E-state index in [4.69, 9.17) is 5.73 Å². The Morgan fingerprint density at radius 1 is 1.62 bits per heavy atom. The van der Waals surface area contributed by atoms with E-state index in [9.17, 15) is 0 Å². The summed E-state index contributed by atoms with van der Waals surface area (Å²) < 4.78 is 0. The van der Waals surface area contributed by atoms with Crippen molar-refractivity contribution in [1.29, 1.82) is 0 Å². The average Bonchev–Trinajstić information content (AvgIpc) is 2.19. The molecule has 1 rings (SSSR count).